The van der Waals surface area contributed by atoms with Crippen molar-refractivity contribution < 1.29 is 4.74 Å². The van der Waals surface area contributed by atoms with Gasteiger partial charge in [0.15, 0.2) is 0 Å². The van der Waals surface area contributed by atoms with E-state index in [1.165, 1.54) is 51.8 Å². The van der Waals surface area contributed by atoms with Crippen molar-refractivity contribution in [3.05, 3.63) is 18.3 Å². The molecule has 21 heavy (non-hydrogen) atoms. The molecule has 1 rings (SSSR count). The van der Waals surface area contributed by atoms with E-state index in [1.54, 1.807) is 10.7 Å². The molecule has 120 valence electrons. The summed E-state index contributed by atoms with van der Waals surface area (Å²) in [7, 11) is 1.70. The predicted octanol–water partition coefficient (Wildman–Crippen LogP) is 5.15. The van der Waals surface area contributed by atoms with Crippen LogP contribution in [-0.4, -0.2) is 30.5 Å². The minimum atomic E-state index is -2.26. The third-order valence-corrected chi connectivity index (χ3v) is 20.1. The average Bonchev–Trinajstić information content (AvgIpc) is 2.55. The maximum atomic E-state index is 5.24. The molecule has 0 unspecified atom stereocenters. The van der Waals surface area contributed by atoms with Crippen LogP contribution in [0, 0.1) is 0 Å². The van der Waals surface area contributed by atoms with Gasteiger partial charge in [0.25, 0.3) is 0 Å². The standard InChI is InChI=1S/C6H6NO.3C4H9.Sn/c1-8-6-4-2-3-5-7-6;3*1-3-4-2;/h2,4-5H,1H3;3*1,3-4H2,2H3;. The topological polar surface area (TPSA) is 22.1 Å². The third kappa shape index (κ3) is 5.80. The summed E-state index contributed by atoms with van der Waals surface area (Å²) < 4.78 is 11.4. The Labute approximate surface area is 135 Å². The van der Waals surface area contributed by atoms with Crippen LogP contribution in [0.3, 0.4) is 0 Å². The Morgan fingerprint density at radius 2 is 1.43 bits per heavy atom. The number of methoxy groups -OCH3 is 1. The van der Waals surface area contributed by atoms with Crippen molar-refractivity contribution in [2.24, 2.45) is 0 Å². The minimum absolute atomic E-state index is 0.750. The molecule has 2 nitrogen and oxygen atoms in total. The van der Waals surface area contributed by atoms with Gasteiger partial charge >= 0.3 is 136 Å². The maximum absolute atomic E-state index is 5.24. The first kappa shape index (κ1) is 18.8. The molecule has 0 aliphatic heterocycles. The van der Waals surface area contributed by atoms with Crippen LogP contribution in [0.15, 0.2) is 18.3 Å². The summed E-state index contributed by atoms with van der Waals surface area (Å²) in [4.78, 5) is 4.52. The second-order valence-electron chi connectivity index (χ2n) is 6.18. The number of hydrogen-bond donors (Lipinski definition) is 0. The third-order valence-electron chi connectivity index (χ3n) is 4.58. The molecule has 0 radical (unpaired) electrons. The van der Waals surface area contributed by atoms with Gasteiger partial charge in [-0.1, -0.05) is 0 Å². The molecule has 0 aliphatic carbocycles. The van der Waals surface area contributed by atoms with E-state index in [-0.39, 0.29) is 0 Å². The van der Waals surface area contributed by atoms with E-state index in [9.17, 15) is 0 Å². The first-order valence-electron chi connectivity index (χ1n) is 8.73. The molecule has 1 aromatic heterocycles. The predicted molar refractivity (Wildman–Crippen MR) is 95.3 cm³/mol. The molecule has 0 amide bonds. The van der Waals surface area contributed by atoms with Crippen LogP contribution >= 0.6 is 0 Å². The summed E-state index contributed by atoms with van der Waals surface area (Å²) in [5.41, 5.74) is 0. The van der Waals surface area contributed by atoms with E-state index >= 15 is 0 Å². The Hall–Kier alpha value is -0.251. The Morgan fingerprint density at radius 3 is 1.76 bits per heavy atom. The molecule has 0 spiro atoms. The fourth-order valence-corrected chi connectivity index (χ4v) is 18.8. The van der Waals surface area contributed by atoms with Crippen molar-refractivity contribution in [1.29, 1.82) is 0 Å². The zero-order chi connectivity index (χ0) is 15.6. The molecule has 0 saturated heterocycles. The zero-order valence-electron chi connectivity index (χ0n) is 14.5. The first-order valence-corrected chi connectivity index (χ1v) is 16.2. The van der Waals surface area contributed by atoms with Crippen LogP contribution < -0.4 is 8.32 Å². The summed E-state index contributed by atoms with van der Waals surface area (Å²) in [5.74, 6) is 0.750. The second-order valence-corrected chi connectivity index (χ2v) is 19.4. The molecule has 0 bridgehead atoms. The Bertz CT molecular complexity index is 356. The Balaban J connectivity index is 3.02. The van der Waals surface area contributed by atoms with Gasteiger partial charge < -0.3 is 0 Å². The molecule has 1 aromatic rings. The number of aromatic nitrogens is 1. The van der Waals surface area contributed by atoms with Crippen molar-refractivity contribution in [3.8, 4) is 5.88 Å². The van der Waals surface area contributed by atoms with Gasteiger partial charge in [-0.15, -0.1) is 0 Å². The summed E-state index contributed by atoms with van der Waals surface area (Å²) in [6.45, 7) is 6.97. The van der Waals surface area contributed by atoms with Crippen molar-refractivity contribution in [1.82, 2.24) is 4.98 Å². The van der Waals surface area contributed by atoms with Gasteiger partial charge in [0.1, 0.15) is 0 Å². The number of hydrogen-bond acceptors (Lipinski definition) is 2. The first-order chi connectivity index (χ1) is 10.2. The van der Waals surface area contributed by atoms with Gasteiger partial charge in [-0.05, 0) is 0 Å². The van der Waals surface area contributed by atoms with E-state index in [1.807, 2.05) is 0 Å². The summed E-state index contributed by atoms with van der Waals surface area (Å²) in [6.07, 6.45) is 10.3. The van der Waals surface area contributed by atoms with E-state index < -0.39 is 18.4 Å². The monoisotopic (exact) mass is 399 g/mol. The number of ether oxygens (including phenoxy) is 1. The molecule has 0 N–H and O–H groups in total. The SMILES string of the molecule is CCC[CH2][Sn]([CH2]CCC)([CH2]CCC)[c]1ccc(OC)nc1. The number of unbranched alkanes of at least 4 members (excludes halogenated alkanes) is 3. The number of pyridine rings is 1. The van der Waals surface area contributed by atoms with Gasteiger partial charge in [-0.2, -0.15) is 0 Å². The van der Waals surface area contributed by atoms with Crippen LogP contribution in [0.2, 0.25) is 13.3 Å². The molecular weight excluding hydrogens is 365 g/mol. The fraction of sp³-hybridized carbons (Fsp3) is 0.722. The van der Waals surface area contributed by atoms with Gasteiger partial charge in [-0.25, -0.2) is 0 Å². The molecule has 1 heterocycles. The van der Waals surface area contributed by atoms with Crippen molar-refractivity contribution >= 4 is 22.0 Å². The molecular formula is C18H33NOSn. The quantitative estimate of drug-likeness (QED) is 0.482. The normalized spacial score (nSPS) is 11.6. The van der Waals surface area contributed by atoms with E-state index in [2.05, 4.69) is 44.1 Å². The van der Waals surface area contributed by atoms with Crippen LogP contribution in [0.1, 0.15) is 59.3 Å². The van der Waals surface area contributed by atoms with Gasteiger partial charge in [0.05, 0.1) is 0 Å². The van der Waals surface area contributed by atoms with Crippen molar-refractivity contribution in [2.45, 2.75) is 72.6 Å². The fourth-order valence-electron chi connectivity index (χ4n) is 3.17. The van der Waals surface area contributed by atoms with Crippen LogP contribution in [-0.2, 0) is 0 Å². The summed E-state index contributed by atoms with van der Waals surface area (Å²) in [6, 6.07) is 4.41. The molecule has 0 aliphatic rings. The van der Waals surface area contributed by atoms with E-state index in [0.29, 0.717) is 0 Å². The molecule has 0 fully saturated rings. The second kappa shape index (κ2) is 10.5. The molecule has 3 heteroatoms. The van der Waals surface area contributed by atoms with Gasteiger partial charge in [-0.3, -0.25) is 0 Å². The Morgan fingerprint density at radius 1 is 0.905 bits per heavy atom. The van der Waals surface area contributed by atoms with Crippen molar-refractivity contribution in [2.75, 3.05) is 7.11 Å². The molecule has 0 atom stereocenters. The van der Waals surface area contributed by atoms with Crippen LogP contribution in [0.5, 0.6) is 5.88 Å². The van der Waals surface area contributed by atoms with Gasteiger partial charge in [0.2, 0.25) is 0 Å². The molecule has 0 saturated carbocycles. The summed E-state index contributed by atoms with van der Waals surface area (Å²) >= 11 is -2.26. The number of nitrogens with zero attached hydrogens (tertiary/aromatic N) is 1. The number of rotatable bonds is 11. The van der Waals surface area contributed by atoms with Crippen molar-refractivity contribution in [3.63, 3.8) is 0 Å². The van der Waals surface area contributed by atoms with Crippen LogP contribution in [0.4, 0.5) is 0 Å². The van der Waals surface area contributed by atoms with E-state index in [4.69, 9.17) is 4.74 Å². The molecule has 0 aromatic carbocycles. The Kier molecular flexibility index (Phi) is 9.37. The van der Waals surface area contributed by atoms with Gasteiger partial charge in [0, 0.05) is 0 Å². The average molecular weight is 398 g/mol. The summed E-state index contributed by atoms with van der Waals surface area (Å²) in [5, 5.41) is 0. The van der Waals surface area contributed by atoms with Crippen LogP contribution in [0.25, 0.3) is 0 Å². The van der Waals surface area contributed by atoms with E-state index in [0.717, 1.165) is 5.88 Å². The zero-order valence-corrected chi connectivity index (χ0v) is 17.3.